The van der Waals surface area contributed by atoms with E-state index in [0.717, 1.165) is 12.1 Å². The zero-order valence-corrected chi connectivity index (χ0v) is 19.9. The lowest BCUT2D eigenvalue weighted by Gasteiger charge is -2.54. The number of nitrogen functional groups attached to an aromatic ring is 2. The fraction of sp³-hybridized carbons (Fsp3) is 0.217. The van der Waals surface area contributed by atoms with Gasteiger partial charge in [0.1, 0.15) is 5.82 Å². The highest BCUT2D eigenvalue weighted by molar-refractivity contribution is 5.95. The van der Waals surface area contributed by atoms with Crippen molar-refractivity contribution in [2.24, 2.45) is 0 Å². The molecule has 0 bridgehead atoms. The second-order valence-corrected chi connectivity index (χ2v) is 8.42. The third-order valence-corrected chi connectivity index (χ3v) is 5.62. The number of nitrogens with zero attached hydrogens (tertiary/aromatic N) is 4. The van der Waals surface area contributed by atoms with Gasteiger partial charge in [-0.1, -0.05) is 24.0 Å². The Bertz CT molecular complexity index is 1470. The fourth-order valence-corrected chi connectivity index (χ4v) is 3.59. The van der Waals surface area contributed by atoms with E-state index < -0.39 is 40.1 Å². The number of hydrogen-bond donors (Lipinski definition) is 10. The minimum absolute atomic E-state index is 0.0872. The van der Waals surface area contributed by atoms with Gasteiger partial charge in [-0.15, -0.1) is 0 Å². The molecule has 1 fully saturated rings. The van der Waals surface area contributed by atoms with Crippen LogP contribution in [0.15, 0.2) is 42.6 Å². The van der Waals surface area contributed by atoms with E-state index in [4.69, 9.17) is 11.5 Å². The molecule has 16 nitrogen and oxygen atoms in total. The van der Waals surface area contributed by atoms with Crippen LogP contribution in [0.4, 0.5) is 11.8 Å². The summed E-state index contributed by atoms with van der Waals surface area (Å²) in [7, 11) is 0. The van der Waals surface area contributed by atoms with Crippen molar-refractivity contribution in [3.8, 4) is 23.1 Å². The number of pyridine rings is 1. The second kappa shape index (κ2) is 9.18. The molecule has 39 heavy (non-hydrogen) atoms. The molecule has 204 valence electrons. The molecule has 3 aromatic rings. The van der Waals surface area contributed by atoms with Crippen LogP contribution in [0.2, 0.25) is 0 Å². The molecule has 0 atom stereocenters. The van der Waals surface area contributed by atoms with Gasteiger partial charge in [0.2, 0.25) is 5.95 Å². The zero-order chi connectivity index (χ0) is 29.0. The molecule has 1 aromatic carbocycles. The maximum atomic E-state index is 13.0. The zero-order valence-electron chi connectivity index (χ0n) is 19.9. The average molecular weight is 542 g/mol. The number of morpholine rings is 1. The van der Waals surface area contributed by atoms with Gasteiger partial charge in [0.05, 0.1) is 17.0 Å². The monoisotopic (exact) mass is 542 g/mol. The fourth-order valence-electron chi connectivity index (χ4n) is 3.59. The average Bonchev–Trinajstić information content (AvgIpc) is 2.82. The number of carbonyl (C=O) groups excluding carboxylic acids is 1. The molecule has 1 saturated heterocycles. The summed E-state index contributed by atoms with van der Waals surface area (Å²) in [5.41, 5.74) is 12.8. The molecule has 0 radical (unpaired) electrons. The highest BCUT2D eigenvalue weighted by atomic mass is 16.9. The van der Waals surface area contributed by atoms with Gasteiger partial charge < -0.3 is 52.3 Å². The number of aliphatic hydroxyl groups is 8. The van der Waals surface area contributed by atoms with Crippen molar-refractivity contribution >= 4 is 17.7 Å². The number of aryl methyl sites for hydroxylation is 1. The van der Waals surface area contributed by atoms with Crippen LogP contribution in [-0.4, -0.2) is 90.4 Å². The van der Waals surface area contributed by atoms with Gasteiger partial charge in [0.25, 0.3) is 5.91 Å². The number of carbonyl (C=O) groups is 1. The van der Waals surface area contributed by atoms with Gasteiger partial charge in [-0.05, 0) is 31.2 Å². The number of ether oxygens (including phenoxy) is 1. The van der Waals surface area contributed by atoms with Crippen LogP contribution < -0.4 is 11.5 Å². The third kappa shape index (κ3) is 4.73. The van der Waals surface area contributed by atoms with Crippen LogP contribution in [0.1, 0.15) is 27.2 Å². The van der Waals surface area contributed by atoms with Gasteiger partial charge >= 0.3 is 23.8 Å². The maximum Gasteiger partial charge on any atom is 0.362 e. The molecule has 1 amide bonds. The van der Waals surface area contributed by atoms with Crippen molar-refractivity contribution in [2.45, 2.75) is 30.7 Å². The molecule has 1 aliphatic heterocycles. The topological polar surface area (TPSA) is 282 Å². The quantitative estimate of drug-likeness (QED) is 0.111. The highest BCUT2D eigenvalue weighted by Crippen LogP contribution is 2.42. The molecule has 0 unspecified atom stereocenters. The Kier molecular flexibility index (Phi) is 6.53. The second-order valence-electron chi connectivity index (χ2n) is 8.42. The van der Waals surface area contributed by atoms with Crippen molar-refractivity contribution < 1.29 is 50.4 Å². The van der Waals surface area contributed by atoms with Gasteiger partial charge in [0.15, 0.2) is 0 Å². The number of hydrogen-bond acceptors (Lipinski definition) is 15. The molecule has 2 aromatic heterocycles. The number of rotatable bonds is 2. The lowest BCUT2D eigenvalue weighted by atomic mass is 10.0. The van der Waals surface area contributed by atoms with Gasteiger partial charge in [-0.25, -0.2) is 19.9 Å². The van der Waals surface area contributed by atoms with Crippen LogP contribution in [0.5, 0.6) is 0 Å². The molecule has 16 heteroatoms. The molecular formula is C23H22N6O10. The minimum atomic E-state index is -4.28. The first-order valence-electron chi connectivity index (χ1n) is 10.8. The molecule has 0 saturated carbocycles. The predicted octanol–water partition coefficient (Wildman–Crippen LogP) is -3.56. The summed E-state index contributed by atoms with van der Waals surface area (Å²) in [6.07, 6.45) is 1.47. The molecular weight excluding hydrogens is 520 g/mol. The molecule has 4 rings (SSSR count). The number of anilines is 2. The lowest BCUT2D eigenvalue weighted by Crippen LogP contribution is -2.85. The smallest absolute Gasteiger partial charge is 0.362 e. The summed E-state index contributed by atoms with van der Waals surface area (Å²) in [6.45, 7) is 1.64. The van der Waals surface area contributed by atoms with Gasteiger partial charge in [-0.2, -0.15) is 0 Å². The maximum absolute atomic E-state index is 13.0. The van der Waals surface area contributed by atoms with Crippen molar-refractivity contribution in [1.29, 1.82) is 0 Å². The van der Waals surface area contributed by atoms with Crippen molar-refractivity contribution in [3.63, 3.8) is 0 Å². The van der Waals surface area contributed by atoms with E-state index >= 15 is 0 Å². The summed E-state index contributed by atoms with van der Waals surface area (Å²) in [4.78, 5) is 24.5. The summed E-state index contributed by atoms with van der Waals surface area (Å²) < 4.78 is 3.76. The lowest BCUT2D eigenvalue weighted by molar-refractivity contribution is -0.649. The van der Waals surface area contributed by atoms with E-state index in [0.29, 0.717) is 28.2 Å². The van der Waals surface area contributed by atoms with E-state index in [9.17, 15) is 45.6 Å². The standard InChI is InChI=1S/C23H22N6O10/c1-11-15(8-2-12-3-9-16(24)26-10-12)17(28-19(25)27-11)13-4-6-14(7-5-13)18(30)29-20(31,32)22(35,36)39-23(37,38)21(29,33)34/h3-7,9-10,31-38H,1H3,(H2,24,26)(H2,25,27,28). The Morgan fingerprint density at radius 3 is 2.00 bits per heavy atom. The predicted molar refractivity (Wildman–Crippen MR) is 127 cm³/mol. The Balaban J connectivity index is 1.74. The van der Waals surface area contributed by atoms with Crippen molar-refractivity contribution in [2.75, 3.05) is 11.5 Å². The summed E-state index contributed by atoms with van der Waals surface area (Å²) >= 11 is 0. The van der Waals surface area contributed by atoms with Crippen LogP contribution in [0.25, 0.3) is 11.3 Å². The van der Waals surface area contributed by atoms with Crippen LogP contribution in [-0.2, 0) is 4.74 Å². The number of benzene rings is 1. The first-order valence-corrected chi connectivity index (χ1v) is 10.8. The Labute approximate surface area is 218 Å². The summed E-state index contributed by atoms with van der Waals surface area (Å²) in [5, 5.41) is 79.2. The highest BCUT2D eigenvalue weighted by Gasteiger charge is 2.76. The first-order chi connectivity index (χ1) is 18.0. The Morgan fingerprint density at radius 2 is 1.46 bits per heavy atom. The van der Waals surface area contributed by atoms with Crippen LogP contribution in [0.3, 0.4) is 0 Å². The number of aromatic nitrogens is 3. The molecule has 12 N–H and O–H groups in total. The summed E-state index contributed by atoms with van der Waals surface area (Å²) in [5.74, 6) is -12.8. The first kappa shape index (κ1) is 27.7. The molecule has 1 aliphatic rings. The van der Waals surface area contributed by atoms with Crippen molar-refractivity contribution in [3.05, 3.63) is 65.0 Å². The summed E-state index contributed by atoms with van der Waals surface area (Å²) in [6, 6.07) is 7.93. The molecule has 0 spiro atoms. The van der Waals surface area contributed by atoms with Crippen LogP contribution in [0, 0.1) is 18.8 Å². The normalized spacial score (nSPS) is 18.6. The van der Waals surface area contributed by atoms with Gasteiger partial charge in [0, 0.05) is 22.9 Å². The number of amides is 1. The molecule has 3 heterocycles. The van der Waals surface area contributed by atoms with E-state index in [2.05, 4.69) is 31.5 Å². The number of nitrogens with two attached hydrogens (primary N) is 2. The Morgan fingerprint density at radius 1 is 0.872 bits per heavy atom. The van der Waals surface area contributed by atoms with E-state index in [1.807, 2.05) is 0 Å². The SMILES string of the molecule is Cc1nc(N)nc(-c2ccc(C(=O)N3C(O)(O)C(O)(O)OC(O)(O)C3(O)O)cc2)c1C#Cc1ccc(N)nc1. The van der Waals surface area contributed by atoms with E-state index in [1.165, 1.54) is 18.3 Å². The van der Waals surface area contributed by atoms with E-state index in [1.54, 1.807) is 19.1 Å². The molecule has 0 aliphatic carbocycles. The van der Waals surface area contributed by atoms with Crippen LogP contribution >= 0.6 is 0 Å². The van der Waals surface area contributed by atoms with Gasteiger partial charge in [-0.3, -0.25) is 9.53 Å². The largest absolute Gasteiger partial charge is 0.384 e. The van der Waals surface area contributed by atoms with Crippen molar-refractivity contribution in [1.82, 2.24) is 19.9 Å². The van der Waals surface area contributed by atoms with E-state index in [-0.39, 0.29) is 11.6 Å². The Hall–Kier alpha value is -4.28. The third-order valence-electron chi connectivity index (χ3n) is 5.62. The minimum Gasteiger partial charge on any atom is -0.384 e.